The van der Waals surface area contributed by atoms with Crippen molar-refractivity contribution in [3.63, 3.8) is 0 Å². The van der Waals surface area contributed by atoms with Crippen molar-refractivity contribution in [2.24, 2.45) is 0 Å². The van der Waals surface area contributed by atoms with Gasteiger partial charge in [0.15, 0.2) is 0 Å². The minimum absolute atomic E-state index is 0.309. The quantitative estimate of drug-likeness (QED) is 0.824. The van der Waals surface area contributed by atoms with Crippen molar-refractivity contribution < 1.29 is 10.2 Å². The molecule has 2 aromatic carbocycles. The Hall–Kier alpha value is -1.96. The molecule has 0 amide bonds. The Bertz CT molecular complexity index is 531. The van der Waals surface area contributed by atoms with Gasteiger partial charge in [-0.05, 0) is 53.6 Å². The van der Waals surface area contributed by atoms with Gasteiger partial charge in [0.1, 0.15) is 11.5 Å². The molecule has 0 unspecified atom stereocenters. The molecule has 2 atom stereocenters. The van der Waals surface area contributed by atoms with Gasteiger partial charge in [-0.25, -0.2) is 0 Å². The zero-order chi connectivity index (χ0) is 11.8. The van der Waals surface area contributed by atoms with Crippen LogP contribution < -0.4 is 0 Å². The fraction of sp³-hybridized carbons (Fsp3) is 0.200. The summed E-state index contributed by atoms with van der Waals surface area (Å²) >= 11 is 0. The minimum atomic E-state index is 0.309. The van der Waals surface area contributed by atoms with Gasteiger partial charge in [0.25, 0.3) is 0 Å². The number of phenols is 2. The molecule has 0 aromatic heterocycles. The zero-order valence-electron chi connectivity index (χ0n) is 9.38. The molecule has 1 fully saturated rings. The van der Waals surface area contributed by atoms with E-state index in [9.17, 15) is 10.2 Å². The average Bonchev–Trinajstić information content (AvgIpc) is 3.10. The van der Waals surface area contributed by atoms with E-state index in [1.54, 1.807) is 18.2 Å². The topological polar surface area (TPSA) is 40.5 Å². The van der Waals surface area contributed by atoms with Crippen LogP contribution in [0.3, 0.4) is 0 Å². The molecule has 17 heavy (non-hydrogen) atoms. The molecule has 0 heterocycles. The third-order valence-corrected chi connectivity index (χ3v) is 3.41. The fourth-order valence-corrected chi connectivity index (χ4v) is 2.41. The Morgan fingerprint density at radius 2 is 1.47 bits per heavy atom. The standard InChI is InChI=1S/C15H14O2/c16-12-6-4-10(5-7-12)14-9-15(14)11-2-1-3-13(17)8-11/h1-8,14-17H,9H2/t14-,15-/m0/s1. The van der Waals surface area contributed by atoms with E-state index in [1.165, 1.54) is 11.1 Å². The Labute approximate surface area is 100 Å². The van der Waals surface area contributed by atoms with Crippen molar-refractivity contribution in [3.8, 4) is 11.5 Å². The van der Waals surface area contributed by atoms with E-state index < -0.39 is 0 Å². The monoisotopic (exact) mass is 226 g/mol. The van der Waals surface area contributed by atoms with Crippen LogP contribution in [-0.4, -0.2) is 10.2 Å². The van der Waals surface area contributed by atoms with Gasteiger partial charge < -0.3 is 10.2 Å². The molecule has 2 heteroatoms. The van der Waals surface area contributed by atoms with Crippen molar-refractivity contribution in [1.82, 2.24) is 0 Å². The highest BCUT2D eigenvalue weighted by Crippen LogP contribution is 2.54. The summed E-state index contributed by atoms with van der Waals surface area (Å²) in [5, 5.41) is 18.7. The van der Waals surface area contributed by atoms with Gasteiger partial charge >= 0.3 is 0 Å². The third kappa shape index (κ3) is 1.98. The number of aromatic hydroxyl groups is 2. The van der Waals surface area contributed by atoms with Crippen molar-refractivity contribution in [2.45, 2.75) is 18.3 Å². The molecule has 0 spiro atoms. The zero-order valence-corrected chi connectivity index (χ0v) is 9.38. The highest BCUT2D eigenvalue weighted by atomic mass is 16.3. The Kier molecular flexibility index (Phi) is 2.29. The molecule has 0 aliphatic heterocycles. The molecule has 0 bridgehead atoms. The smallest absolute Gasteiger partial charge is 0.115 e. The van der Waals surface area contributed by atoms with Crippen LogP contribution in [0.5, 0.6) is 11.5 Å². The molecule has 86 valence electrons. The predicted octanol–water partition coefficient (Wildman–Crippen LogP) is 3.37. The highest BCUT2D eigenvalue weighted by molar-refractivity contribution is 5.40. The Morgan fingerprint density at radius 1 is 0.765 bits per heavy atom. The number of phenolic OH excluding ortho intramolecular Hbond substituents is 2. The van der Waals surface area contributed by atoms with E-state index in [-0.39, 0.29) is 0 Å². The molecule has 0 saturated heterocycles. The maximum atomic E-state index is 9.45. The third-order valence-electron chi connectivity index (χ3n) is 3.41. The maximum absolute atomic E-state index is 9.45. The molecule has 1 aliphatic rings. The molecular weight excluding hydrogens is 212 g/mol. The molecule has 2 aromatic rings. The molecule has 0 radical (unpaired) electrons. The number of rotatable bonds is 2. The van der Waals surface area contributed by atoms with Crippen LogP contribution in [0.1, 0.15) is 29.4 Å². The number of hydrogen-bond donors (Lipinski definition) is 2. The molecule has 2 N–H and O–H groups in total. The average molecular weight is 226 g/mol. The number of benzene rings is 2. The van der Waals surface area contributed by atoms with E-state index in [0.29, 0.717) is 23.3 Å². The summed E-state index contributed by atoms with van der Waals surface area (Å²) in [4.78, 5) is 0. The second-order valence-corrected chi connectivity index (χ2v) is 4.64. The first-order chi connectivity index (χ1) is 8.24. The van der Waals surface area contributed by atoms with Crippen LogP contribution >= 0.6 is 0 Å². The summed E-state index contributed by atoms with van der Waals surface area (Å²) in [7, 11) is 0. The van der Waals surface area contributed by atoms with Crippen LogP contribution in [0.25, 0.3) is 0 Å². The molecule has 2 nitrogen and oxygen atoms in total. The van der Waals surface area contributed by atoms with Crippen molar-refractivity contribution in [2.75, 3.05) is 0 Å². The minimum Gasteiger partial charge on any atom is -0.508 e. The van der Waals surface area contributed by atoms with Gasteiger partial charge in [-0.2, -0.15) is 0 Å². The van der Waals surface area contributed by atoms with E-state index in [0.717, 1.165) is 6.42 Å². The summed E-state index contributed by atoms with van der Waals surface area (Å²) in [6, 6.07) is 14.9. The summed E-state index contributed by atoms with van der Waals surface area (Å²) in [6.45, 7) is 0. The van der Waals surface area contributed by atoms with Crippen LogP contribution in [0, 0.1) is 0 Å². The second kappa shape index (κ2) is 3.81. The SMILES string of the molecule is Oc1ccc([C@@H]2C[C@H]2c2cccc(O)c2)cc1. The second-order valence-electron chi connectivity index (χ2n) is 4.64. The van der Waals surface area contributed by atoms with Gasteiger partial charge in [-0.3, -0.25) is 0 Å². The Morgan fingerprint density at radius 3 is 2.18 bits per heavy atom. The Balaban J connectivity index is 1.80. The van der Waals surface area contributed by atoms with E-state index >= 15 is 0 Å². The van der Waals surface area contributed by atoms with Gasteiger partial charge in [0.2, 0.25) is 0 Å². The van der Waals surface area contributed by atoms with Crippen LogP contribution in [0.2, 0.25) is 0 Å². The van der Waals surface area contributed by atoms with Gasteiger partial charge in [-0.15, -0.1) is 0 Å². The lowest BCUT2D eigenvalue weighted by Crippen LogP contribution is -1.83. The van der Waals surface area contributed by atoms with Gasteiger partial charge in [0, 0.05) is 0 Å². The van der Waals surface area contributed by atoms with Gasteiger partial charge in [0.05, 0.1) is 0 Å². The van der Waals surface area contributed by atoms with Crippen molar-refractivity contribution in [1.29, 1.82) is 0 Å². The van der Waals surface area contributed by atoms with Crippen LogP contribution in [0.4, 0.5) is 0 Å². The fourth-order valence-electron chi connectivity index (χ4n) is 2.41. The lowest BCUT2D eigenvalue weighted by Gasteiger charge is -2.02. The summed E-state index contributed by atoms with van der Waals surface area (Å²) in [5.41, 5.74) is 2.46. The predicted molar refractivity (Wildman–Crippen MR) is 66.3 cm³/mol. The summed E-state index contributed by atoms with van der Waals surface area (Å²) in [5.74, 6) is 1.67. The molecule has 1 aliphatic carbocycles. The van der Waals surface area contributed by atoms with E-state index in [4.69, 9.17) is 0 Å². The molecule has 1 saturated carbocycles. The largest absolute Gasteiger partial charge is 0.508 e. The molecule has 3 rings (SSSR count). The van der Waals surface area contributed by atoms with Crippen LogP contribution in [-0.2, 0) is 0 Å². The number of hydrogen-bond acceptors (Lipinski definition) is 2. The first-order valence-electron chi connectivity index (χ1n) is 5.82. The van der Waals surface area contributed by atoms with E-state index in [2.05, 4.69) is 6.07 Å². The van der Waals surface area contributed by atoms with Crippen molar-refractivity contribution >= 4 is 0 Å². The van der Waals surface area contributed by atoms with E-state index in [1.807, 2.05) is 24.3 Å². The highest BCUT2D eigenvalue weighted by Gasteiger charge is 2.39. The van der Waals surface area contributed by atoms with Crippen molar-refractivity contribution in [3.05, 3.63) is 59.7 Å². The lowest BCUT2D eigenvalue weighted by molar-refractivity contribution is 0.474. The summed E-state index contributed by atoms with van der Waals surface area (Å²) in [6.07, 6.45) is 1.12. The first-order valence-corrected chi connectivity index (χ1v) is 5.82. The maximum Gasteiger partial charge on any atom is 0.115 e. The normalized spacial score (nSPS) is 22.4. The van der Waals surface area contributed by atoms with Gasteiger partial charge in [-0.1, -0.05) is 24.3 Å². The summed E-state index contributed by atoms with van der Waals surface area (Å²) < 4.78 is 0. The lowest BCUT2D eigenvalue weighted by atomic mass is 10.0. The molecular formula is C15H14O2. The van der Waals surface area contributed by atoms with Crippen LogP contribution in [0.15, 0.2) is 48.5 Å². The first kappa shape index (κ1) is 10.2.